The van der Waals surface area contributed by atoms with Crippen LogP contribution in [-0.2, 0) is 19.6 Å². The zero-order valence-corrected chi connectivity index (χ0v) is 16.1. The van der Waals surface area contributed by atoms with Gasteiger partial charge in [-0.25, -0.2) is 8.42 Å². The van der Waals surface area contributed by atoms with E-state index in [1.807, 2.05) is 0 Å². The van der Waals surface area contributed by atoms with Crippen LogP contribution in [0.25, 0.3) is 0 Å². The van der Waals surface area contributed by atoms with Gasteiger partial charge in [0.15, 0.2) is 0 Å². The lowest BCUT2D eigenvalue weighted by Crippen LogP contribution is -2.40. The number of nitrogens with zero attached hydrogens (tertiary/aromatic N) is 2. The molecule has 2 saturated heterocycles. The first-order chi connectivity index (χ1) is 12.8. The quantitative estimate of drug-likeness (QED) is 0.767. The number of aromatic hydroxyl groups is 1. The van der Waals surface area contributed by atoms with Crippen LogP contribution >= 0.6 is 0 Å². The average molecular weight is 396 g/mol. The Kier molecular flexibility index (Phi) is 5.71. The molecule has 9 heteroatoms. The molecule has 2 aliphatic rings. The van der Waals surface area contributed by atoms with Crippen LogP contribution in [-0.4, -0.2) is 67.9 Å². The van der Waals surface area contributed by atoms with Crippen LogP contribution in [0.5, 0.6) is 5.75 Å². The Hall–Kier alpha value is -2.13. The third kappa shape index (κ3) is 3.93. The van der Waals surface area contributed by atoms with Gasteiger partial charge in [0.1, 0.15) is 5.75 Å². The lowest BCUT2D eigenvalue weighted by molar-refractivity contribution is -0.146. The molecule has 1 aromatic rings. The molecule has 1 N–H and O–H groups in total. The maximum absolute atomic E-state index is 12.8. The van der Waals surface area contributed by atoms with Crippen molar-refractivity contribution in [3.05, 3.63) is 23.8 Å². The lowest BCUT2D eigenvalue weighted by atomic mass is 9.96. The molecule has 0 aromatic heterocycles. The monoisotopic (exact) mass is 396 g/mol. The number of amides is 1. The molecule has 2 aliphatic heterocycles. The molecule has 0 bridgehead atoms. The summed E-state index contributed by atoms with van der Waals surface area (Å²) in [6.45, 7) is 1.63. The van der Waals surface area contributed by atoms with Crippen LogP contribution in [0, 0.1) is 5.92 Å². The smallest absolute Gasteiger partial charge is 0.308 e. The Morgan fingerprint density at radius 1 is 1.11 bits per heavy atom. The molecule has 1 aromatic carbocycles. The summed E-state index contributed by atoms with van der Waals surface area (Å²) in [5.41, 5.74) is -0.0354. The molecule has 8 nitrogen and oxygen atoms in total. The van der Waals surface area contributed by atoms with Crippen LogP contribution < -0.4 is 0 Å². The van der Waals surface area contributed by atoms with Gasteiger partial charge in [-0.3, -0.25) is 9.59 Å². The van der Waals surface area contributed by atoms with Crippen LogP contribution in [0.2, 0.25) is 0 Å². The van der Waals surface area contributed by atoms with Crippen molar-refractivity contribution in [3.63, 3.8) is 0 Å². The van der Waals surface area contributed by atoms with E-state index >= 15 is 0 Å². The van der Waals surface area contributed by atoms with Crippen LogP contribution in [0.3, 0.4) is 0 Å². The van der Waals surface area contributed by atoms with Crippen molar-refractivity contribution in [2.75, 3.05) is 33.3 Å². The van der Waals surface area contributed by atoms with Gasteiger partial charge in [0.2, 0.25) is 10.0 Å². The van der Waals surface area contributed by atoms with Gasteiger partial charge in [-0.15, -0.1) is 0 Å². The molecule has 0 aliphatic carbocycles. The van der Waals surface area contributed by atoms with E-state index in [0.29, 0.717) is 39.0 Å². The van der Waals surface area contributed by atoms with Crippen molar-refractivity contribution in [1.29, 1.82) is 0 Å². The van der Waals surface area contributed by atoms with Crippen LogP contribution in [0.1, 0.15) is 36.0 Å². The van der Waals surface area contributed by atoms with Crippen molar-refractivity contribution < 1.29 is 27.9 Å². The van der Waals surface area contributed by atoms with Gasteiger partial charge in [-0.2, -0.15) is 4.31 Å². The summed E-state index contributed by atoms with van der Waals surface area (Å²) < 4.78 is 31.6. The number of carbonyl (C=O) groups excluding carboxylic acids is 2. The van der Waals surface area contributed by atoms with E-state index < -0.39 is 15.9 Å². The molecular weight excluding hydrogens is 372 g/mol. The third-order valence-corrected chi connectivity index (χ3v) is 7.11. The molecule has 2 heterocycles. The van der Waals surface area contributed by atoms with E-state index in [0.717, 1.165) is 12.8 Å². The topological polar surface area (TPSA) is 104 Å². The van der Waals surface area contributed by atoms with E-state index in [-0.39, 0.29) is 28.1 Å². The highest BCUT2D eigenvalue weighted by Gasteiger charge is 2.31. The minimum Gasteiger partial charge on any atom is -0.507 e. The fourth-order valence-electron chi connectivity index (χ4n) is 3.58. The third-order valence-electron chi connectivity index (χ3n) is 5.22. The fraction of sp³-hybridized carbons (Fsp3) is 0.556. The zero-order chi connectivity index (χ0) is 19.6. The normalized spacial score (nSPS) is 19.2. The standard InChI is InChI=1S/C18H24N2O6S/c1-26-18(23)13-6-10-19(11-7-13)17(22)15-12-14(4-5-16(15)21)27(24,25)20-8-2-3-9-20/h4-5,12-13,21H,2-3,6-11H2,1H3. The van der Waals surface area contributed by atoms with Gasteiger partial charge in [0.05, 0.1) is 23.5 Å². The Balaban J connectivity index is 1.78. The second-order valence-corrected chi connectivity index (χ2v) is 8.82. The van der Waals surface area contributed by atoms with E-state index in [1.165, 1.54) is 34.5 Å². The molecule has 0 saturated carbocycles. The Morgan fingerprint density at radius 3 is 2.33 bits per heavy atom. The fourth-order valence-corrected chi connectivity index (χ4v) is 5.12. The van der Waals surface area contributed by atoms with Crippen LogP contribution in [0.15, 0.2) is 23.1 Å². The van der Waals surface area contributed by atoms with E-state index in [4.69, 9.17) is 4.74 Å². The summed E-state index contributed by atoms with van der Waals surface area (Å²) in [7, 11) is -2.34. The minimum atomic E-state index is -3.68. The average Bonchev–Trinajstić information content (AvgIpc) is 3.23. The van der Waals surface area contributed by atoms with Gasteiger partial charge in [0, 0.05) is 26.2 Å². The van der Waals surface area contributed by atoms with Crippen molar-refractivity contribution in [2.45, 2.75) is 30.6 Å². The van der Waals surface area contributed by atoms with Gasteiger partial charge in [0.25, 0.3) is 5.91 Å². The highest BCUT2D eigenvalue weighted by Crippen LogP contribution is 2.28. The highest BCUT2D eigenvalue weighted by molar-refractivity contribution is 7.89. The minimum absolute atomic E-state index is 0.00926. The number of esters is 1. The number of ether oxygens (including phenoxy) is 1. The molecule has 2 fully saturated rings. The molecule has 0 radical (unpaired) electrons. The lowest BCUT2D eigenvalue weighted by Gasteiger charge is -2.31. The summed E-state index contributed by atoms with van der Waals surface area (Å²) in [6.07, 6.45) is 2.59. The first-order valence-corrected chi connectivity index (χ1v) is 10.5. The van der Waals surface area contributed by atoms with Gasteiger partial charge >= 0.3 is 5.97 Å². The number of likely N-dealkylation sites (tertiary alicyclic amines) is 1. The first kappa shape index (κ1) is 19.6. The highest BCUT2D eigenvalue weighted by atomic mass is 32.2. The Morgan fingerprint density at radius 2 is 1.74 bits per heavy atom. The first-order valence-electron chi connectivity index (χ1n) is 9.05. The number of benzene rings is 1. The van der Waals surface area contributed by atoms with Gasteiger partial charge in [-0.1, -0.05) is 0 Å². The summed E-state index contributed by atoms with van der Waals surface area (Å²) in [5, 5.41) is 10.1. The van der Waals surface area contributed by atoms with Crippen molar-refractivity contribution >= 4 is 21.9 Å². The largest absolute Gasteiger partial charge is 0.507 e. The molecular formula is C18H24N2O6S. The van der Waals surface area contributed by atoms with E-state index in [2.05, 4.69) is 0 Å². The molecule has 3 rings (SSSR count). The van der Waals surface area contributed by atoms with E-state index in [9.17, 15) is 23.1 Å². The van der Waals surface area contributed by atoms with E-state index in [1.54, 1.807) is 0 Å². The van der Waals surface area contributed by atoms with Crippen LogP contribution in [0.4, 0.5) is 0 Å². The molecule has 0 unspecified atom stereocenters. The predicted octanol–water partition coefficient (Wildman–Crippen LogP) is 1.20. The SMILES string of the molecule is COC(=O)C1CCN(C(=O)c2cc(S(=O)(=O)N3CCCC3)ccc2O)CC1. The number of hydrogen-bond donors (Lipinski definition) is 1. The molecule has 0 spiro atoms. The number of sulfonamides is 1. The Bertz CT molecular complexity index is 824. The molecule has 148 valence electrons. The van der Waals surface area contributed by atoms with Crippen molar-refractivity contribution in [1.82, 2.24) is 9.21 Å². The second-order valence-electron chi connectivity index (χ2n) is 6.88. The summed E-state index contributed by atoms with van der Waals surface area (Å²) >= 11 is 0. The number of hydrogen-bond acceptors (Lipinski definition) is 6. The maximum Gasteiger partial charge on any atom is 0.308 e. The summed E-state index contributed by atoms with van der Waals surface area (Å²) in [5.74, 6) is -1.22. The number of piperidine rings is 1. The summed E-state index contributed by atoms with van der Waals surface area (Å²) in [4.78, 5) is 26.0. The number of rotatable bonds is 4. The Labute approximate surface area is 158 Å². The van der Waals surface area contributed by atoms with Gasteiger partial charge in [-0.05, 0) is 43.9 Å². The molecule has 27 heavy (non-hydrogen) atoms. The number of phenolic OH excluding ortho intramolecular Hbond substituents is 1. The zero-order valence-electron chi connectivity index (χ0n) is 15.3. The maximum atomic E-state index is 12.8. The van der Waals surface area contributed by atoms with Crippen molar-refractivity contribution in [3.8, 4) is 5.75 Å². The number of carbonyl (C=O) groups is 2. The second kappa shape index (κ2) is 7.85. The number of phenols is 1. The number of methoxy groups -OCH3 is 1. The predicted molar refractivity (Wildman–Crippen MR) is 96.7 cm³/mol. The van der Waals surface area contributed by atoms with Gasteiger partial charge < -0.3 is 14.7 Å². The molecule has 1 amide bonds. The molecule has 0 atom stereocenters. The van der Waals surface area contributed by atoms with Crippen molar-refractivity contribution in [2.24, 2.45) is 5.92 Å². The summed E-state index contributed by atoms with van der Waals surface area (Å²) in [6, 6.07) is 3.82.